The molecule has 3 rings (SSSR count). The molecule has 6 heteroatoms. The Labute approximate surface area is 128 Å². The van der Waals surface area contributed by atoms with Crippen molar-refractivity contribution in [2.24, 2.45) is 0 Å². The molecule has 0 spiro atoms. The van der Waals surface area contributed by atoms with Crippen LogP contribution in [-0.2, 0) is 6.54 Å². The van der Waals surface area contributed by atoms with Crippen molar-refractivity contribution in [3.8, 4) is 17.1 Å². The van der Waals surface area contributed by atoms with Gasteiger partial charge in [-0.25, -0.2) is 0 Å². The number of aromatic nitrogens is 4. The lowest BCUT2D eigenvalue weighted by molar-refractivity contribution is 0.144. The second kappa shape index (κ2) is 6.36. The Morgan fingerprint density at radius 3 is 2.73 bits per heavy atom. The molecule has 0 aliphatic heterocycles. The van der Waals surface area contributed by atoms with Crippen molar-refractivity contribution in [3.63, 3.8) is 0 Å². The monoisotopic (exact) mass is 296 g/mol. The summed E-state index contributed by atoms with van der Waals surface area (Å²) in [5, 5.41) is 22.5. The Hall–Kier alpha value is -2.73. The highest BCUT2D eigenvalue weighted by molar-refractivity contribution is 5.56. The average molecular weight is 296 g/mol. The Morgan fingerprint density at radius 2 is 1.95 bits per heavy atom. The first-order valence-electron chi connectivity index (χ1n) is 6.91. The Kier molecular flexibility index (Phi) is 4.11. The topological polar surface area (TPSA) is 73.1 Å². The molecule has 0 aliphatic carbocycles. The zero-order valence-electron chi connectivity index (χ0n) is 12.1. The van der Waals surface area contributed by atoms with Crippen molar-refractivity contribution < 1.29 is 9.84 Å². The van der Waals surface area contributed by atoms with Gasteiger partial charge in [0, 0.05) is 5.56 Å². The standard InChI is InChI=1S/C16H16N4O2/c1-22-14-9-5-8-13(10-14)16-17-19-20(18-16)11-15(21)12-6-3-2-4-7-12/h2-10,15,21H,11H2,1H3/t15-/m1/s1. The second-order valence-electron chi connectivity index (χ2n) is 4.83. The molecule has 1 heterocycles. The van der Waals surface area contributed by atoms with Crippen LogP contribution >= 0.6 is 0 Å². The maximum atomic E-state index is 10.2. The van der Waals surface area contributed by atoms with E-state index in [1.54, 1.807) is 7.11 Å². The molecule has 1 N–H and O–H groups in total. The van der Waals surface area contributed by atoms with Gasteiger partial charge in [-0.05, 0) is 22.9 Å². The Balaban J connectivity index is 1.76. The third kappa shape index (κ3) is 3.12. The fourth-order valence-corrected chi connectivity index (χ4v) is 2.13. The molecule has 0 bridgehead atoms. The Bertz CT molecular complexity index is 743. The molecule has 0 aliphatic rings. The number of hydrogen-bond acceptors (Lipinski definition) is 5. The lowest BCUT2D eigenvalue weighted by Crippen LogP contribution is -2.11. The number of hydrogen-bond donors (Lipinski definition) is 1. The lowest BCUT2D eigenvalue weighted by Gasteiger charge is -2.08. The Morgan fingerprint density at radius 1 is 1.14 bits per heavy atom. The van der Waals surface area contributed by atoms with Crippen LogP contribution in [0.1, 0.15) is 11.7 Å². The number of aliphatic hydroxyl groups excluding tert-OH is 1. The summed E-state index contributed by atoms with van der Waals surface area (Å²) in [6.45, 7) is 0.251. The van der Waals surface area contributed by atoms with Gasteiger partial charge in [0.2, 0.25) is 5.82 Å². The van der Waals surface area contributed by atoms with Crippen LogP contribution in [0.15, 0.2) is 54.6 Å². The predicted octanol–water partition coefficient (Wildman–Crippen LogP) is 2.08. The zero-order valence-corrected chi connectivity index (χ0v) is 12.1. The normalized spacial score (nSPS) is 12.1. The van der Waals surface area contributed by atoms with Crippen LogP contribution in [0, 0.1) is 0 Å². The van der Waals surface area contributed by atoms with E-state index in [1.165, 1.54) is 4.80 Å². The van der Waals surface area contributed by atoms with Gasteiger partial charge in [-0.15, -0.1) is 10.2 Å². The molecule has 0 radical (unpaired) electrons. The minimum absolute atomic E-state index is 0.251. The maximum absolute atomic E-state index is 10.2. The first kappa shape index (κ1) is 14.2. The average Bonchev–Trinajstić information content (AvgIpc) is 3.04. The van der Waals surface area contributed by atoms with Gasteiger partial charge >= 0.3 is 0 Å². The smallest absolute Gasteiger partial charge is 0.205 e. The van der Waals surface area contributed by atoms with E-state index in [0.29, 0.717) is 5.82 Å². The van der Waals surface area contributed by atoms with Crippen LogP contribution in [0.4, 0.5) is 0 Å². The summed E-state index contributed by atoms with van der Waals surface area (Å²) in [7, 11) is 1.61. The van der Waals surface area contributed by atoms with E-state index >= 15 is 0 Å². The molecular weight excluding hydrogens is 280 g/mol. The molecule has 0 amide bonds. The van der Waals surface area contributed by atoms with Crippen molar-refractivity contribution in [1.29, 1.82) is 0 Å². The highest BCUT2D eigenvalue weighted by Crippen LogP contribution is 2.20. The summed E-state index contributed by atoms with van der Waals surface area (Å²) in [5.74, 6) is 1.23. The maximum Gasteiger partial charge on any atom is 0.205 e. The van der Waals surface area contributed by atoms with Gasteiger partial charge in [0.25, 0.3) is 0 Å². The summed E-state index contributed by atoms with van der Waals surface area (Å²) < 4.78 is 5.18. The lowest BCUT2D eigenvalue weighted by atomic mass is 10.1. The van der Waals surface area contributed by atoms with Gasteiger partial charge in [0.1, 0.15) is 11.9 Å². The third-order valence-electron chi connectivity index (χ3n) is 3.30. The van der Waals surface area contributed by atoms with Gasteiger partial charge in [0.15, 0.2) is 0 Å². The molecule has 0 fully saturated rings. The molecule has 0 saturated carbocycles. The van der Waals surface area contributed by atoms with Crippen molar-refractivity contribution in [1.82, 2.24) is 20.2 Å². The molecule has 1 atom stereocenters. The second-order valence-corrected chi connectivity index (χ2v) is 4.83. The van der Waals surface area contributed by atoms with Gasteiger partial charge in [-0.3, -0.25) is 0 Å². The quantitative estimate of drug-likeness (QED) is 0.780. The highest BCUT2D eigenvalue weighted by Gasteiger charge is 2.12. The van der Waals surface area contributed by atoms with E-state index in [0.717, 1.165) is 16.9 Å². The summed E-state index contributed by atoms with van der Waals surface area (Å²) in [4.78, 5) is 1.40. The van der Waals surface area contributed by atoms with Crippen molar-refractivity contribution in [2.45, 2.75) is 12.6 Å². The SMILES string of the molecule is COc1cccc(-c2nnn(C[C@@H](O)c3ccccc3)n2)c1. The molecule has 112 valence electrons. The van der Waals surface area contributed by atoms with Crippen LogP contribution in [0.2, 0.25) is 0 Å². The number of nitrogens with zero attached hydrogens (tertiary/aromatic N) is 4. The van der Waals surface area contributed by atoms with Crippen LogP contribution < -0.4 is 4.74 Å². The molecule has 0 unspecified atom stereocenters. The molecule has 0 saturated heterocycles. The minimum atomic E-state index is -0.673. The summed E-state index contributed by atoms with van der Waals surface area (Å²) >= 11 is 0. The summed E-state index contributed by atoms with van der Waals surface area (Å²) in [5.41, 5.74) is 1.64. The fraction of sp³-hybridized carbons (Fsp3) is 0.188. The number of tetrazole rings is 1. The molecular formula is C16H16N4O2. The highest BCUT2D eigenvalue weighted by atomic mass is 16.5. The fourth-order valence-electron chi connectivity index (χ4n) is 2.13. The van der Waals surface area contributed by atoms with E-state index in [4.69, 9.17) is 4.74 Å². The van der Waals surface area contributed by atoms with Gasteiger partial charge in [-0.1, -0.05) is 42.5 Å². The molecule has 22 heavy (non-hydrogen) atoms. The van der Waals surface area contributed by atoms with Crippen LogP contribution in [0.25, 0.3) is 11.4 Å². The largest absolute Gasteiger partial charge is 0.497 e. The molecule has 6 nitrogen and oxygen atoms in total. The minimum Gasteiger partial charge on any atom is -0.497 e. The van der Waals surface area contributed by atoms with Crippen molar-refractivity contribution in [3.05, 3.63) is 60.2 Å². The van der Waals surface area contributed by atoms with Crippen molar-refractivity contribution >= 4 is 0 Å². The van der Waals surface area contributed by atoms with E-state index in [2.05, 4.69) is 15.4 Å². The first-order chi connectivity index (χ1) is 10.8. The summed E-state index contributed by atoms with van der Waals surface area (Å²) in [6.07, 6.45) is -0.673. The van der Waals surface area contributed by atoms with Gasteiger partial charge < -0.3 is 9.84 Å². The number of aliphatic hydroxyl groups is 1. The van der Waals surface area contributed by atoms with Crippen LogP contribution in [-0.4, -0.2) is 32.4 Å². The number of methoxy groups -OCH3 is 1. The van der Waals surface area contributed by atoms with Crippen molar-refractivity contribution in [2.75, 3.05) is 7.11 Å². The number of ether oxygens (including phenoxy) is 1. The third-order valence-corrected chi connectivity index (χ3v) is 3.30. The molecule has 1 aromatic heterocycles. The molecule has 2 aromatic carbocycles. The van der Waals surface area contributed by atoms with Crippen LogP contribution in [0.3, 0.4) is 0 Å². The van der Waals surface area contributed by atoms with E-state index in [9.17, 15) is 5.11 Å². The predicted molar refractivity (Wildman–Crippen MR) is 81.2 cm³/mol. The number of benzene rings is 2. The zero-order chi connectivity index (χ0) is 15.4. The van der Waals surface area contributed by atoms with Gasteiger partial charge in [-0.2, -0.15) is 4.80 Å². The number of rotatable bonds is 5. The van der Waals surface area contributed by atoms with E-state index in [-0.39, 0.29) is 6.54 Å². The van der Waals surface area contributed by atoms with Gasteiger partial charge in [0.05, 0.1) is 13.7 Å². The summed E-state index contributed by atoms with van der Waals surface area (Å²) in [6, 6.07) is 16.9. The first-order valence-corrected chi connectivity index (χ1v) is 6.91. The molecule has 3 aromatic rings. The van der Waals surface area contributed by atoms with E-state index in [1.807, 2.05) is 54.6 Å². The van der Waals surface area contributed by atoms with Crippen LogP contribution in [0.5, 0.6) is 5.75 Å². The van der Waals surface area contributed by atoms with E-state index < -0.39 is 6.10 Å².